The van der Waals surface area contributed by atoms with E-state index in [-0.39, 0.29) is 5.41 Å². The first-order chi connectivity index (χ1) is 7.91. The average molecular weight is 224 g/mol. The van der Waals surface area contributed by atoms with Crippen LogP contribution in [0.5, 0.6) is 0 Å². The Morgan fingerprint density at radius 3 is 2.12 bits per heavy atom. The first-order valence-corrected chi connectivity index (χ1v) is 6.09. The molecule has 0 saturated carbocycles. The second kappa shape index (κ2) is 4.03. The molecule has 0 bridgehead atoms. The molecule has 0 aliphatic carbocycles. The lowest BCUT2D eigenvalue weighted by Gasteiger charge is -2.20. The average Bonchev–Trinajstić information content (AvgIpc) is 2.28. The summed E-state index contributed by atoms with van der Waals surface area (Å²) in [5, 5.41) is 5.02. The predicted molar refractivity (Wildman–Crippen MR) is 77.3 cm³/mol. The molecule has 0 unspecified atom stereocenters. The van der Waals surface area contributed by atoms with Crippen molar-refractivity contribution in [2.45, 2.75) is 27.7 Å². The van der Waals surface area contributed by atoms with Crippen molar-refractivity contribution >= 4 is 22.9 Å². The number of fused-ring (bicyclic) bond motifs is 1. The minimum absolute atomic E-state index is 0.200. The highest BCUT2D eigenvalue weighted by Crippen LogP contribution is 2.25. The Morgan fingerprint density at radius 1 is 0.941 bits per heavy atom. The van der Waals surface area contributed by atoms with Crippen molar-refractivity contribution in [3.63, 3.8) is 0 Å². The summed E-state index contributed by atoms with van der Waals surface area (Å²) in [5.74, 6) is 0. The van der Waals surface area contributed by atoms with Crippen molar-refractivity contribution in [2.75, 3.05) is 0 Å². The van der Waals surface area contributed by atoms with E-state index in [1.165, 1.54) is 21.6 Å². The minimum Gasteiger partial charge on any atom is -0.0911 e. The van der Waals surface area contributed by atoms with Gasteiger partial charge in [-0.3, -0.25) is 0 Å². The summed E-state index contributed by atoms with van der Waals surface area (Å²) in [4.78, 5) is 0. The van der Waals surface area contributed by atoms with Crippen LogP contribution in [0, 0.1) is 5.41 Å². The zero-order chi connectivity index (χ0) is 12.6. The third kappa shape index (κ3) is 2.12. The second-order valence-electron chi connectivity index (χ2n) is 5.69. The standard InChI is InChI=1S/C17H20/c1-12-10-11-15(13(2)17(3,4)5)16-9-7-6-8-14(12)16/h6-11H,1H2,2-5H3/b15-13-. The summed E-state index contributed by atoms with van der Waals surface area (Å²) in [5.41, 5.74) is 1.62. The van der Waals surface area contributed by atoms with E-state index in [0.29, 0.717) is 0 Å². The molecule has 88 valence electrons. The minimum atomic E-state index is 0.200. The maximum Gasteiger partial charge on any atom is -0.0106 e. The zero-order valence-electron chi connectivity index (χ0n) is 11.2. The van der Waals surface area contributed by atoms with Crippen LogP contribution in [0.15, 0.2) is 36.4 Å². The maximum atomic E-state index is 4.10. The van der Waals surface area contributed by atoms with Gasteiger partial charge < -0.3 is 0 Å². The molecule has 0 heterocycles. The van der Waals surface area contributed by atoms with Crippen molar-refractivity contribution in [1.29, 1.82) is 0 Å². The molecule has 0 fully saturated rings. The molecule has 0 spiro atoms. The smallest absolute Gasteiger partial charge is 0.0106 e. The van der Waals surface area contributed by atoms with Crippen LogP contribution < -0.4 is 10.4 Å². The fourth-order valence-corrected chi connectivity index (χ4v) is 2.09. The molecule has 0 atom stereocenters. The topological polar surface area (TPSA) is 0 Å². The van der Waals surface area contributed by atoms with Crippen LogP contribution >= 0.6 is 0 Å². The van der Waals surface area contributed by atoms with Gasteiger partial charge in [0.1, 0.15) is 0 Å². The molecule has 0 radical (unpaired) electrons. The summed E-state index contributed by atoms with van der Waals surface area (Å²) < 4.78 is 0. The van der Waals surface area contributed by atoms with E-state index in [1.54, 1.807) is 0 Å². The van der Waals surface area contributed by atoms with Gasteiger partial charge in [0.2, 0.25) is 0 Å². The number of hydrogen-bond donors (Lipinski definition) is 0. The molecule has 0 amide bonds. The highest BCUT2D eigenvalue weighted by molar-refractivity contribution is 5.85. The molecule has 0 aromatic heterocycles. The van der Waals surface area contributed by atoms with E-state index in [2.05, 4.69) is 70.7 Å². The normalized spacial score (nSPS) is 13.9. The molecule has 0 aliphatic heterocycles. The van der Waals surface area contributed by atoms with Gasteiger partial charge >= 0.3 is 0 Å². The molecular weight excluding hydrogens is 204 g/mol. The third-order valence-corrected chi connectivity index (χ3v) is 3.54. The summed E-state index contributed by atoms with van der Waals surface area (Å²) >= 11 is 0. The molecule has 0 aliphatic rings. The number of rotatable bonds is 0. The van der Waals surface area contributed by atoms with E-state index in [1.807, 2.05) is 0 Å². The molecule has 17 heavy (non-hydrogen) atoms. The van der Waals surface area contributed by atoms with Gasteiger partial charge in [-0.15, -0.1) is 0 Å². The van der Waals surface area contributed by atoms with Gasteiger partial charge in [0, 0.05) is 0 Å². The fraction of sp³-hybridized carbons (Fsp3) is 0.294. The lowest BCUT2D eigenvalue weighted by Crippen LogP contribution is -2.19. The van der Waals surface area contributed by atoms with Crippen molar-refractivity contribution in [3.8, 4) is 0 Å². The Bertz CT molecular complexity index is 654. The van der Waals surface area contributed by atoms with E-state index in [9.17, 15) is 0 Å². The van der Waals surface area contributed by atoms with Crippen molar-refractivity contribution in [1.82, 2.24) is 0 Å². The van der Waals surface area contributed by atoms with Gasteiger partial charge in [0.25, 0.3) is 0 Å². The van der Waals surface area contributed by atoms with Crippen LogP contribution in [0.1, 0.15) is 27.7 Å². The van der Waals surface area contributed by atoms with Gasteiger partial charge in [-0.1, -0.05) is 69.3 Å². The third-order valence-electron chi connectivity index (χ3n) is 3.54. The molecule has 0 saturated heterocycles. The van der Waals surface area contributed by atoms with E-state index >= 15 is 0 Å². The summed E-state index contributed by atoms with van der Waals surface area (Å²) in [7, 11) is 0. The van der Waals surface area contributed by atoms with Crippen LogP contribution in [0.25, 0.3) is 22.9 Å². The predicted octanol–water partition coefficient (Wildman–Crippen LogP) is 3.47. The zero-order valence-corrected chi connectivity index (χ0v) is 11.2. The number of benzene rings is 2. The summed E-state index contributed by atoms with van der Waals surface area (Å²) in [6, 6.07) is 12.8. The van der Waals surface area contributed by atoms with Crippen molar-refractivity contribution in [2.24, 2.45) is 5.41 Å². The van der Waals surface area contributed by atoms with Gasteiger partial charge in [-0.05, 0) is 33.5 Å². The monoisotopic (exact) mass is 224 g/mol. The SMILES string of the molecule is C=c1cc/c(=C(\C)C(C)(C)C)c2ccccc12. The largest absolute Gasteiger partial charge is 0.0911 e. The molecule has 2 aromatic rings. The van der Waals surface area contributed by atoms with Gasteiger partial charge in [-0.2, -0.15) is 0 Å². The fourth-order valence-electron chi connectivity index (χ4n) is 2.09. The van der Waals surface area contributed by atoms with E-state index < -0.39 is 0 Å². The molecule has 0 nitrogen and oxygen atoms in total. The maximum absolute atomic E-state index is 4.10. The molecule has 2 rings (SSSR count). The van der Waals surface area contributed by atoms with Crippen LogP contribution in [0.4, 0.5) is 0 Å². The molecule has 2 aromatic carbocycles. The lowest BCUT2D eigenvalue weighted by atomic mass is 9.85. The quantitative estimate of drug-likeness (QED) is 0.643. The van der Waals surface area contributed by atoms with Crippen molar-refractivity contribution < 1.29 is 0 Å². The Morgan fingerprint density at radius 2 is 1.53 bits per heavy atom. The molecule has 0 N–H and O–H groups in total. The summed E-state index contributed by atoms with van der Waals surface area (Å²) in [6.07, 6.45) is 0. The van der Waals surface area contributed by atoms with Gasteiger partial charge in [0.15, 0.2) is 0 Å². The van der Waals surface area contributed by atoms with Crippen LogP contribution in [0.2, 0.25) is 0 Å². The Balaban J connectivity index is 3.00. The first-order valence-electron chi connectivity index (χ1n) is 6.09. The highest BCUT2D eigenvalue weighted by atomic mass is 14.2. The lowest BCUT2D eigenvalue weighted by molar-refractivity contribution is 0.559. The molecular formula is C17H20. The van der Waals surface area contributed by atoms with Gasteiger partial charge in [0.05, 0.1) is 0 Å². The Labute approximate surface area is 103 Å². The Hall–Kier alpha value is -1.56. The van der Waals surface area contributed by atoms with Crippen LogP contribution in [0.3, 0.4) is 0 Å². The summed E-state index contributed by atoms with van der Waals surface area (Å²) in [6.45, 7) is 13.1. The first kappa shape index (κ1) is 11.9. The van der Waals surface area contributed by atoms with Gasteiger partial charge in [-0.25, -0.2) is 0 Å². The van der Waals surface area contributed by atoms with Crippen molar-refractivity contribution in [3.05, 3.63) is 46.8 Å². The molecule has 0 heteroatoms. The van der Waals surface area contributed by atoms with E-state index in [4.69, 9.17) is 0 Å². The highest BCUT2D eigenvalue weighted by Gasteiger charge is 2.13. The van der Waals surface area contributed by atoms with Crippen LogP contribution in [-0.4, -0.2) is 0 Å². The Kier molecular flexibility index (Phi) is 2.82. The second-order valence-corrected chi connectivity index (χ2v) is 5.69. The number of hydrogen-bond acceptors (Lipinski definition) is 0. The van der Waals surface area contributed by atoms with E-state index in [0.717, 1.165) is 5.22 Å². The van der Waals surface area contributed by atoms with Crippen LogP contribution in [-0.2, 0) is 0 Å².